The zero-order valence-corrected chi connectivity index (χ0v) is 13.9. The van der Waals surface area contributed by atoms with Crippen LogP contribution in [-0.2, 0) is 6.54 Å². The summed E-state index contributed by atoms with van der Waals surface area (Å²) in [7, 11) is 0. The van der Waals surface area contributed by atoms with E-state index in [0.717, 1.165) is 18.4 Å². The van der Waals surface area contributed by atoms with Crippen molar-refractivity contribution < 1.29 is 9.90 Å². The zero-order valence-electron chi connectivity index (χ0n) is 13.9. The summed E-state index contributed by atoms with van der Waals surface area (Å²) in [4.78, 5) is 27.3. The van der Waals surface area contributed by atoms with Gasteiger partial charge in [-0.3, -0.25) is 9.78 Å². The van der Waals surface area contributed by atoms with Crippen LogP contribution in [0.3, 0.4) is 0 Å². The lowest BCUT2D eigenvalue weighted by atomic mass is 9.99. The van der Waals surface area contributed by atoms with Crippen LogP contribution in [-0.4, -0.2) is 49.1 Å². The van der Waals surface area contributed by atoms with Gasteiger partial charge in [-0.1, -0.05) is 6.07 Å². The first-order valence-corrected chi connectivity index (χ1v) is 8.66. The molecule has 130 valence electrons. The molecule has 0 radical (unpaired) electrons. The van der Waals surface area contributed by atoms with Gasteiger partial charge in [0.05, 0.1) is 11.7 Å². The average Bonchev–Trinajstić information content (AvgIpc) is 2.92. The zero-order chi connectivity index (χ0) is 17.2. The maximum absolute atomic E-state index is 12.8. The number of piperidine rings is 1. The number of nitrogens with zero attached hydrogens (tertiary/aromatic N) is 4. The van der Waals surface area contributed by atoms with Crippen LogP contribution in [0, 0.1) is 0 Å². The molecule has 7 heteroatoms. The first kappa shape index (κ1) is 16.0. The van der Waals surface area contributed by atoms with Gasteiger partial charge in [-0.15, -0.1) is 0 Å². The molecule has 2 aliphatic heterocycles. The smallest absolute Gasteiger partial charge is 0.257 e. The molecule has 2 aromatic rings. The molecule has 4 rings (SSSR count). The van der Waals surface area contributed by atoms with E-state index in [4.69, 9.17) is 0 Å². The number of rotatable bonds is 4. The molecule has 0 aliphatic carbocycles. The minimum absolute atomic E-state index is 0.0294. The first-order chi connectivity index (χ1) is 12.2. The molecule has 3 atom stereocenters. The molecule has 2 fully saturated rings. The molecule has 2 N–H and O–H groups in total. The van der Waals surface area contributed by atoms with Crippen molar-refractivity contribution in [2.24, 2.45) is 0 Å². The molecule has 1 amide bonds. The number of amides is 1. The average molecular weight is 339 g/mol. The van der Waals surface area contributed by atoms with Crippen molar-refractivity contribution in [2.75, 3.05) is 5.32 Å². The molecule has 2 aromatic heterocycles. The second-order valence-electron chi connectivity index (χ2n) is 6.73. The minimum Gasteiger partial charge on any atom is -0.393 e. The number of aromatic nitrogens is 3. The fourth-order valence-electron chi connectivity index (χ4n) is 3.84. The van der Waals surface area contributed by atoms with E-state index in [1.165, 1.54) is 0 Å². The SMILES string of the molecule is O=C(c1cnc(NCc2cccnc2)nc1)N1[C@@H]2CC[C@H]1C[C@@H](O)C2. The Balaban J connectivity index is 1.41. The Kier molecular flexibility index (Phi) is 4.31. The summed E-state index contributed by atoms with van der Waals surface area (Å²) in [6.45, 7) is 0.579. The third-order valence-corrected chi connectivity index (χ3v) is 5.01. The van der Waals surface area contributed by atoms with Crippen LogP contribution in [0.2, 0.25) is 0 Å². The highest BCUT2D eigenvalue weighted by Gasteiger charge is 2.43. The molecule has 0 aromatic carbocycles. The van der Waals surface area contributed by atoms with Crippen molar-refractivity contribution in [3.05, 3.63) is 48.0 Å². The number of hydrogen-bond donors (Lipinski definition) is 2. The van der Waals surface area contributed by atoms with E-state index in [1.807, 2.05) is 17.0 Å². The predicted molar refractivity (Wildman–Crippen MR) is 91.8 cm³/mol. The van der Waals surface area contributed by atoms with Crippen molar-refractivity contribution in [1.29, 1.82) is 0 Å². The fraction of sp³-hybridized carbons (Fsp3) is 0.444. The number of aliphatic hydroxyl groups is 1. The van der Waals surface area contributed by atoms with E-state index in [0.29, 0.717) is 30.9 Å². The van der Waals surface area contributed by atoms with Gasteiger partial charge in [0.2, 0.25) is 5.95 Å². The Morgan fingerprint density at radius 3 is 2.56 bits per heavy atom. The molecular formula is C18H21N5O2. The monoisotopic (exact) mass is 339 g/mol. The summed E-state index contributed by atoms with van der Waals surface area (Å²) in [6, 6.07) is 4.14. The highest BCUT2D eigenvalue weighted by atomic mass is 16.3. The molecule has 2 bridgehead atoms. The number of carbonyl (C=O) groups excluding carboxylic acids is 1. The molecular weight excluding hydrogens is 318 g/mol. The van der Waals surface area contributed by atoms with Crippen molar-refractivity contribution in [3.8, 4) is 0 Å². The second-order valence-corrected chi connectivity index (χ2v) is 6.73. The fourth-order valence-corrected chi connectivity index (χ4v) is 3.84. The Hall–Kier alpha value is -2.54. The number of pyridine rings is 1. The van der Waals surface area contributed by atoms with Gasteiger partial charge in [-0.05, 0) is 37.3 Å². The number of carbonyl (C=O) groups is 1. The summed E-state index contributed by atoms with van der Waals surface area (Å²) >= 11 is 0. The van der Waals surface area contributed by atoms with Crippen LogP contribution in [0.1, 0.15) is 41.6 Å². The minimum atomic E-state index is -0.281. The molecule has 4 heterocycles. The maximum atomic E-state index is 12.8. The van der Waals surface area contributed by atoms with Crippen LogP contribution in [0.25, 0.3) is 0 Å². The molecule has 0 spiro atoms. The van der Waals surface area contributed by atoms with Gasteiger partial charge >= 0.3 is 0 Å². The van der Waals surface area contributed by atoms with E-state index >= 15 is 0 Å². The lowest BCUT2D eigenvalue weighted by Gasteiger charge is -2.37. The van der Waals surface area contributed by atoms with Gasteiger partial charge in [0.25, 0.3) is 5.91 Å². The Morgan fingerprint density at radius 1 is 1.20 bits per heavy atom. The lowest BCUT2D eigenvalue weighted by molar-refractivity contribution is 0.0286. The molecule has 25 heavy (non-hydrogen) atoms. The van der Waals surface area contributed by atoms with Crippen LogP contribution in [0.15, 0.2) is 36.9 Å². The van der Waals surface area contributed by atoms with Gasteiger partial charge in [-0.25, -0.2) is 9.97 Å². The largest absolute Gasteiger partial charge is 0.393 e. The Labute approximate surface area is 146 Å². The van der Waals surface area contributed by atoms with E-state index in [2.05, 4.69) is 20.3 Å². The highest BCUT2D eigenvalue weighted by Crippen LogP contribution is 2.36. The van der Waals surface area contributed by atoms with Crippen molar-refractivity contribution in [2.45, 2.75) is 50.4 Å². The molecule has 0 unspecified atom stereocenters. The van der Waals surface area contributed by atoms with E-state index in [-0.39, 0.29) is 24.1 Å². The van der Waals surface area contributed by atoms with Crippen molar-refractivity contribution in [3.63, 3.8) is 0 Å². The first-order valence-electron chi connectivity index (χ1n) is 8.66. The molecule has 7 nitrogen and oxygen atoms in total. The highest BCUT2D eigenvalue weighted by molar-refractivity contribution is 5.94. The predicted octanol–water partition coefficient (Wildman–Crippen LogP) is 1.61. The quantitative estimate of drug-likeness (QED) is 0.879. The molecule has 2 saturated heterocycles. The normalized spacial score (nSPS) is 25.0. The summed E-state index contributed by atoms with van der Waals surface area (Å²) in [5, 5.41) is 13.0. The van der Waals surface area contributed by atoms with E-state index in [1.54, 1.807) is 24.8 Å². The van der Waals surface area contributed by atoms with E-state index in [9.17, 15) is 9.90 Å². The summed E-state index contributed by atoms with van der Waals surface area (Å²) < 4.78 is 0. The molecule has 0 saturated carbocycles. The number of fused-ring (bicyclic) bond motifs is 2. The Bertz CT molecular complexity index is 723. The number of aliphatic hydroxyl groups excluding tert-OH is 1. The number of anilines is 1. The van der Waals surface area contributed by atoms with E-state index < -0.39 is 0 Å². The second kappa shape index (κ2) is 6.76. The van der Waals surface area contributed by atoms with Gasteiger partial charge in [0.15, 0.2) is 0 Å². The number of nitrogens with one attached hydrogen (secondary N) is 1. The lowest BCUT2D eigenvalue weighted by Crippen LogP contribution is -2.48. The summed E-state index contributed by atoms with van der Waals surface area (Å²) in [6.07, 6.45) is 9.67. The number of hydrogen-bond acceptors (Lipinski definition) is 6. The Morgan fingerprint density at radius 2 is 1.92 bits per heavy atom. The van der Waals surface area contributed by atoms with Crippen LogP contribution in [0.5, 0.6) is 0 Å². The van der Waals surface area contributed by atoms with Crippen molar-refractivity contribution >= 4 is 11.9 Å². The van der Waals surface area contributed by atoms with Crippen LogP contribution < -0.4 is 5.32 Å². The maximum Gasteiger partial charge on any atom is 0.257 e. The summed E-state index contributed by atoms with van der Waals surface area (Å²) in [5.74, 6) is 0.454. The van der Waals surface area contributed by atoms with Crippen LogP contribution >= 0.6 is 0 Å². The van der Waals surface area contributed by atoms with Gasteiger partial charge in [-0.2, -0.15) is 0 Å². The van der Waals surface area contributed by atoms with Gasteiger partial charge < -0.3 is 15.3 Å². The standard InChI is InChI=1S/C18H21N5O2/c24-16-6-14-3-4-15(7-16)23(14)17(25)13-10-21-18(22-11-13)20-9-12-2-1-5-19-8-12/h1-2,5,8,10-11,14-16,24H,3-4,6-7,9H2,(H,20,21,22)/t14-,15+,16+. The molecule has 2 aliphatic rings. The third kappa shape index (κ3) is 3.32. The van der Waals surface area contributed by atoms with Gasteiger partial charge in [0, 0.05) is 43.4 Å². The third-order valence-electron chi connectivity index (χ3n) is 5.01. The topological polar surface area (TPSA) is 91.2 Å². The summed E-state index contributed by atoms with van der Waals surface area (Å²) in [5.41, 5.74) is 1.54. The van der Waals surface area contributed by atoms with Crippen molar-refractivity contribution in [1.82, 2.24) is 19.9 Å². The van der Waals surface area contributed by atoms with Crippen LogP contribution in [0.4, 0.5) is 5.95 Å². The van der Waals surface area contributed by atoms with Gasteiger partial charge in [0.1, 0.15) is 0 Å².